The molecule has 0 aromatic heterocycles. The molecule has 98 valence electrons. The number of carbonyl (C=O) groups excluding carboxylic acids is 3. The molecule has 0 unspecified atom stereocenters. The molecule has 0 bridgehead atoms. The summed E-state index contributed by atoms with van der Waals surface area (Å²) in [4.78, 5) is 34.6. The molecular formula is C9H18N2O5Si. The number of hydrazine groups is 1. The third-order valence-electron chi connectivity index (χ3n) is 1.83. The monoisotopic (exact) mass is 262 g/mol. The van der Waals surface area contributed by atoms with Crippen LogP contribution in [0, 0.1) is 0 Å². The molecule has 0 aromatic carbocycles. The molecule has 0 aliphatic rings. The van der Waals surface area contributed by atoms with Crippen molar-refractivity contribution in [3.63, 3.8) is 0 Å². The third-order valence-corrected chi connectivity index (χ3v) is 3.48. The first-order valence-electron chi connectivity index (χ1n) is 4.93. The maximum absolute atomic E-state index is 11.7. The molecule has 0 saturated carbocycles. The van der Waals surface area contributed by atoms with Crippen LogP contribution < -0.4 is 0 Å². The molecule has 0 aliphatic carbocycles. The Morgan fingerprint density at radius 1 is 0.941 bits per heavy atom. The molecule has 3 amide bonds. The first-order valence-corrected chi connectivity index (χ1v) is 8.38. The highest BCUT2D eigenvalue weighted by Crippen LogP contribution is 2.16. The van der Waals surface area contributed by atoms with Crippen molar-refractivity contribution in [3.8, 4) is 0 Å². The number of carbonyl (C=O) groups is 3. The van der Waals surface area contributed by atoms with E-state index < -0.39 is 26.3 Å². The van der Waals surface area contributed by atoms with E-state index in [0.29, 0.717) is 5.01 Å². The van der Waals surface area contributed by atoms with Crippen LogP contribution in [-0.2, 0) is 14.3 Å². The molecule has 0 heterocycles. The summed E-state index contributed by atoms with van der Waals surface area (Å²) >= 11 is 0. The van der Waals surface area contributed by atoms with Gasteiger partial charge in [0.1, 0.15) is 0 Å². The summed E-state index contributed by atoms with van der Waals surface area (Å²) in [5.74, 6) is -0.607. The van der Waals surface area contributed by atoms with Crippen molar-refractivity contribution in [2.24, 2.45) is 0 Å². The second-order valence-electron chi connectivity index (χ2n) is 4.25. The van der Waals surface area contributed by atoms with Crippen molar-refractivity contribution in [1.29, 1.82) is 0 Å². The standard InChI is InChI=1S/C9H18N2O5Si/c1-7(12)10(8(13)15-2)11(9(14)16-3)17(4,5)6/h1-6H3. The van der Waals surface area contributed by atoms with Gasteiger partial charge in [0.15, 0.2) is 8.24 Å². The molecule has 0 radical (unpaired) electrons. The van der Waals surface area contributed by atoms with Crippen molar-refractivity contribution >= 4 is 26.3 Å². The Morgan fingerprint density at radius 3 is 1.59 bits per heavy atom. The maximum Gasteiger partial charge on any atom is 0.435 e. The summed E-state index contributed by atoms with van der Waals surface area (Å²) in [6.45, 7) is 6.56. The Balaban J connectivity index is 5.46. The third kappa shape index (κ3) is 3.73. The van der Waals surface area contributed by atoms with Crippen molar-refractivity contribution in [2.45, 2.75) is 26.6 Å². The Morgan fingerprint density at radius 2 is 1.35 bits per heavy atom. The van der Waals surface area contributed by atoms with Gasteiger partial charge >= 0.3 is 12.2 Å². The van der Waals surface area contributed by atoms with E-state index in [0.717, 1.165) is 11.8 Å². The van der Waals surface area contributed by atoms with Gasteiger partial charge in [0.25, 0.3) is 0 Å². The van der Waals surface area contributed by atoms with E-state index in [2.05, 4.69) is 9.47 Å². The van der Waals surface area contributed by atoms with Gasteiger partial charge in [-0.05, 0) is 19.6 Å². The molecule has 0 rings (SSSR count). The minimum atomic E-state index is -2.31. The second kappa shape index (κ2) is 5.67. The lowest BCUT2D eigenvalue weighted by molar-refractivity contribution is -0.134. The van der Waals surface area contributed by atoms with Crippen LogP contribution in [0.5, 0.6) is 0 Å². The maximum atomic E-state index is 11.7. The molecule has 0 N–H and O–H groups in total. The van der Waals surface area contributed by atoms with Crippen LogP contribution in [0.25, 0.3) is 0 Å². The minimum Gasteiger partial charge on any atom is -0.452 e. The first-order chi connectivity index (χ1) is 7.66. The van der Waals surface area contributed by atoms with E-state index >= 15 is 0 Å². The van der Waals surface area contributed by atoms with Crippen molar-refractivity contribution in [1.82, 2.24) is 9.68 Å². The van der Waals surface area contributed by atoms with Gasteiger partial charge in [-0.25, -0.2) is 14.3 Å². The van der Waals surface area contributed by atoms with Crippen LogP contribution in [0.3, 0.4) is 0 Å². The molecule has 7 nitrogen and oxygen atoms in total. The van der Waals surface area contributed by atoms with Crippen LogP contribution >= 0.6 is 0 Å². The molecule has 0 aliphatic heterocycles. The highest BCUT2D eigenvalue weighted by Gasteiger charge is 2.40. The highest BCUT2D eigenvalue weighted by molar-refractivity contribution is 6.75. The van der Waals surface area contributed by atoms with E-state index in [1.807, 2.05) is 0 Å². The second-order valence-corrected chi connectivity index (χ2v) is 9.02. The predicted octanol–water partition coefficient (Wildman–Crippen LogP) is 1.42. The fourth-order valence-electron chi connectivity index (χ4n) is 1.18. The van der Waals surface area contributed by atoms with Gasteiger partial charge in [0, 0.05) is 6.92 Å². The van der Waals surface area contributed by atoms with E-state index in [9.17, 15) is 14.4 Å². The van der Waals surface area contributed by atoms with Gasteiger partial charge in [-0.2, -0.15) is 5.01 Å². The normalized spacial score (nSPS) is 10.5. The zero-order valence-electron chi connectivity index (χ0n) is 10.9. The number of imide groups is 1. The van der Waals surface area contributed by atoms with E-state index in [1.165, 1.54) is 14.0 Å². The lowest BCUT2D eigenvalue weighted by atomic mass is 10.7. The Bertz CT molecular complexity index is 326. The number of hydrogen-bond acceptors (Lipinski definition) is 5. The summed E-state index contributed by atoms with van der Waals surface area (Å²) in [5.41, 5.74) is 0. The van der Waals surface area contributed by atoms with E-state index in [4.69, 9.17) is 0 Å². The molecule has 0 fully saturated rings. The zero-order valence-corrected chi connectivity index (χ0v) is 11.9. The van der Waals surface area contributed by atoms with Crippen LogP contribution in [0.1, 0.15) is 6.92 Å². The van der Waals surface area contributed by atoms with Crippen LogP contribution in [-0.4, -0.2) is 50.2 Å². The molecule has 0 spiro atoms. The number of amides is 3. The topological polar surface area (TPSA) is 76.2 Å². The lowest BCUT2D eigenvalue weighted by Crippen LogP contribution is -2.62. The summed E-state index contributed by atoms with van der Waals surface area (Å²) in [5, 5.41) is 0.665. The predicted molar refractivity (Wildman–Crippen MR) is 62.5 cm³/mol. The first kappa shape index (κ1) is 15.4. The molecule has 0 aromatic rings. The quantitative estimate of drug-likeness (QED) is 0.527. The molecule has 0 saturated heterocycles. The van der Waals surface area contributed by atoms with Gasteiger partial charge in [-0.3, -0.25) is 4.79 Å². The van der Waals surface area contributed by atoms with Gasteiger partial charge in [-0.1, -0.05) is 0 Å². The molecule has 0 atom stereocenters. The van der Waals surface area contributed by atoms with Crippen molar-refractivity contribution in [3.05, 3.63) is 0 Å². The minimum absolute atomic E-state index is 0.607. The largest absolute Gasteiger partial charge is 0.452 e. The van der Waals surface area contributed by atoms with Gasteiger partial charge < -0.3 is 9.47 Å². The average Bonchev–Trinajstić information content (AvgIpc) is 2.21. The SMILES string of the molecule is COC(=O)N(C(C)=O)N(C(=O)OC)[Si](C)(C)C. The summed E-state index contributed by atoms with van der Waals surface area (Å²) in [6, 6.07) is 0. The Kier molecular flexibility index (Phi) is 5.14. The Hall–Kier alpha value is -1.57. The van der Waals surface area contributed by atoms with Crippen LogP contribution in [0.4, 0.5) is 9.59 Å². The fourth-order valence-corrected chi connectivity index (χ4v) is 2.64. The smallest absolute Gasteiger partial charge is 0.435 e. The molecule has 17 heavy (non-hydrogen) atoms. The fraction of sp³-hybridized carbons (Fsp3) is 0.667. The molecular weight excluding hydrogens is 244 g/mol. The van der Waals surface area contributed by atoms with E-state index in [1.54, 1.807) is 19.6 Å². The van der Waals surface area contributed by atoms with E-state index in [-0.39, 0.29) is 0 Å². The lowest BCUT2D eigenvalue weighted by Gasteiger charge is -2.38. The van der Waals surface area contributed by atoms with Gasteiger partial charge in [-0.15, -0.1) is 0 Å². The van der Waals surface area contributed by atoms with Gasteiger partial charge in [0.05, 0.1) is 14.2 Å². The van der Waals surface area contributed by atoms with Crippen molar-refractivity contribution < 1.29 is 23.9 Å². The highest BCUT2D eigenvalue weighted by atomic mass is 28.3. The summed E-state index contributed by atoms with van der Waals surface area (Å²) in [6.07, 6.45) is -1.67. The summed E-state index contributed by atoms with van der Waals surface area (Å²) < 4.78 is 10.1. The number of rotatable bonds is 1. The Labute approximate surface area is 101 Å². The van der Waals surface area contributed by atoms with Crippen LogP contribution in [0.15, 0.2) is 0 Å². The number of hydrogen-bond donors (Lipinski definition) is 0. The molecule has 8 heteroatoms. The van der Waals surface area contributed by atoms with Crippen LogP contribution in [0.2, 0.25) is 19.6 Å². The number of methoxy groups -OCH3 is 2. The summed E-state index contributed by atoms with van der Waals surface area (Å²) in [7, 11) is 0.00989. The average molecular weight is 262 g/mol. The number of ether oxygens (including phenoxy) is 2. The zero-order chi connectivity index (χ0) is 13.8. The number of nitrogens with zero attached hydrogens (tertiary/aromatic N) is 2. The van der Waals surface area contributed by atoms with Crippen molar-refractivity contribution in [2.75, 3.05) is 14.2 Å². The van der Waals surface area contributed by atoms with Gasteiger partial charge in [0.2, 0.25) is 5.91 Å².